The van der Waals surface area contributed by atoms with E-state index in [-0.39, 0.29) is 0 Å². The first-order valence-corrected chi connectivity index (χ1v) is 9.39. The van der Waals surface area contributed by atoms with Crippen LogP contribution in [0.1, 0.15) is 44.1 Å². The van der Waals surface area contributed by atoms with E-state index < -0.39 is 0 Å². The summed E-state index contributed by atoms with van der Waals surface area (Å²) in [6.45, 7) is 2.90. The number of carbonyl (C=O) groups excluding carboxylic acids is 1. The van der Waals surface area contributed by atoms with E-state index in [0.717, 1.165) is 43.6 Å². The summed E-state index contributed by atoms with van der Waals surface area (Å²) in [5.74, 6) is 2.12. The molecule has 24 heavy (non-hydrogen) atoms. The van der Waals surface area contributed by atoms with E-state index in [1.54, 1.807) is 7.11 Å². The van der Waals surface area contributed by atoms with Crippen molar-refractivity contribution < 1.29 is 9.53 Å². The topological polar surface area (TPSA) is 32.8 Å². The largest absolute Gasteiger partial charge is 0.497 e. The second kappa shape index (κ2) is 6.75. The minimum atomic E-state index is 0.317. The van der Waals surface area contributed by atoms with Crippen molar-refractivity contribution >= 4 is 5.91 Å². The number of benzene rings is 1. The lowest BCUT2D eigenvalue weighted by Gasteiger charge is -2.34. The minimum absolute atomic E-state index is 0.317. The van der Waals surface area contributed by atoms with Crippen LogP contribution in [0.5, 0.6) is 5.75 Å². The lowest BCUT2D eigenvalue weighted by Crippen LogP contribution is -2.41. The third kappa shape index (κ3) is 3.16. The van der Waals surface area contributed by atoms with Gasteiger partial charge in [-0.15, -0.1) is 0 Å². The maximum atomic E-state index is 12.5. The van der Waals surface area contributed by atoms with E-state index in [1.807, 2.05) is 12.1 Å². The zero-order chi connectivity index (χ0) is 16.5. The van der Waals surface area contributed by atoms with Gasteiger partial charge in [0, 0.05) is 38.1 Å². The van der Waals surface area contributed by atoms with Crippen LogP contribution in [-0.4, -0.2) is 48.0 Å². The van der Waals surface area contributed by atoms with E-state index >= 15 is 0 Å². The van der Waals surface area contributed by atoms with Crippen molar-refractivity contribution in [2.75, 3.05) is 20.2 Å². The fourth-order valence-electron chi connectivity index (χ4n) is 4.88. The van der Waals surface area contributed by atoms with Gasteiger partial charge in [0.25, 0.3) is 0 Å². The van der Waals surface area contributed by atoms with E-state index in [9.17, 15) is 4.79 Å². The first-order chi connectivity index (χ1) is 11.7. The Kier molecular flexibility index (Phi) is 4.49. The summed E-state index contributed by atoms with van der Waals surface area (Å²) in [6, 6.07) is 9.50. The number of carbonyl (C=O) groups is 1. The molecule has 1 aromatic rings. The zero-order valence-corrected chi connectivity index (χ0v) is 14.6. The molecule has 2 saturated heterocycles. The van der Waals surface area contributed by atoms with Crippen molar-refractivity contribution in [3.05, 3.63) is 29.8 Å². The first-order valence-electron chi connectivity index (χ1n) is 9.39. The molecular weight excluding hydrogens is 300 g/mol. The molecule has 0 spiro atoms. The molecule has 2 heterocycles. The van der Waals surface area contributed by atoms with Gasteiger partial charge in [-0.25, -0.2) is 0 Å². The molecule has 0 radical (unpaired) electrons. The number of amides is 1. The average molecular weight is 328 g/mol. The Morgan fingerprint density at radius 2 is 1.92 bits per heavy atom. The van der Waals surface area contributed by atoms with E-state index in [2.05, 4.69) is 21.9 Å². The molecular formula is C20H28N2O2. The fourth-order valence-corrected chi connectivity index (χ4v) is 4.88. The Hall–Kier alpha value is -1.55. The maximum absolute atomic E-state index is 12.5. The van der Waals surface area contributed by atoms with Crippen molar-refractivity contribution in [2.45, 2.75) is 57.2 Å². The summed E-state index contributed by atoms with van der Waals surface area (Å²) in [5, 5.41) is 0. The summed E-state index contributed by atoms with van der Waals surface area (Å²) in [4.78, 5) is 17.3. The molecule has 1 saturated carbocycles. The van der Waals surface area contributed by atoms with Crippen molar-refractivity contribution in [1.82, 2.24) is 9.80 Å². The highest BCUT2D eigenvalue weighted by Gasteiger charge is 2.41. The summed E-state index contributed by atoms with van der Waals surface area (Å²) >= 11 is 0. The predicted molar refractivity (Wildman–Crippen MR) is 93.9 cm³/mol. The van der Waals surface area contributed by atoms with Crippen LogP contribution < -0.4 is 4.74 Å². The molecule has 4 heteroatoms. The number of rotatable bonds is 4. The third-order valence-corrected chi connectivity index (χ3v) is 6.23. The number of hydrogen-bond acceptors (Lipinski definition) is 3. The average Bonchev–Trinajstić information content (AvgIpc) is 3.19. The zero-order valence-electron chi connectivity index (χ0n) is 14.6. The molecule has 4 rings (SSSR count). The molecule has 1 amide bonds. The van der Waals surface area contributed by atoms with Crippen molar-refractivity contribution in [2.24, 2.45) is 5.92 Å². The molecule has 130 valence electrons. The number of likely N-dealkylation sites (tertiary alicyclic amines) is 2. The Balaban J connectivity index is 1.37. The molecule has 3 atom stereocenters. The molecule has 0 N–H and O–H groups in total. The van der Waals surface area contributed by atoms with Gasteiger partial charge in [0.1, 0.15) is 5.75 Å². The lowest BCUT2D eigenvalue weighted by molar-refractivity contribution is -0.131. The van der Waals surface area contributed by atoms with Gasteiger partial charge in [-0.2, -0.15) is 0 Å². The molecule has 0 aromatic heterocycles. The molecule has 2 bridgehead atoms. The SMILES string of the molecule is COc1ccc(CN2CCC(N3CC4CCC3C4)CCC2=O)cc1. The second-order valence-electron chi connectivity index (χ2n) is 7.67. The normalized spacial score (nSPS) is 30.6. The summed E-state index contributed by atoms with van der Waals surface area (Å²) < 4.78 is 5.21. The van der Waals surface area contributed by atoms with E-state index in [4.69, 9.17) is 4.74 Å². The number of nitrogens with zero attached hydrogens (tertiary/aromatic N) is 2. The summed E-state index contributed by atoms with van der Waals surface area (Å²) in [5.41, 5.74) is 1.18. The first kappa shape index (κ1) is 15.9. The smallest absolute Gasteiger partial charge is 0.222 e. The van der Waals surface area contributed by atoms with Crippen LogP contribution in [0, 0.1) is 5.92 Å². The number of ether oxygens (including phenoxy) is 1. The highest BCUT2D eigenvalue weighted by atomic mass is 16.5. The quantitative estimate of drug-likeness (QED) is 0.851. The molecule has 2 aliphatic heterocycles. The monoisotopic (exact) mass is 328 g/mol. The van der Waals surface area contributed by atoms with Crippen molar-refractivity contribution in [3.63, 3.8) is 0 Å². The summed E-state index contributed by atoms with van der Waals surface area (Å²) in [6.07, 6.45) is 7.09. The van der Waals surface area contributed by atoms with Gasteiger partial charge in [0.05, 0.1) is 7.11 Å². The van der Waals surface area contributed by atoms with Gasteiger partial charge in [0.15, 0.2) is 0 Å². The van der Waals surface area contributed by atoms with Gasteiger partial charge in [-0.3, -0.25) is 9.69 Å². The number of hydrogen-bond donors (Lipinski definition) is 0. The van der Waals surface area contributed by atoms with Crippen molar-refractivity contribution in [3.8, 4) is 5.75 Å². The van der Waals surface area contributed by atoms with Gasteiger partial charge in [-0.05, 0) is 55.7 Å². The molecule has 1 aliphatic carbocycles. The third-order valence-electron chi connectivity index (χ3n) is 6.23. The van der Waals surface area contributed by atoms with Gasteiger partial charge in [-0.1, -0.05) is 12.1 Å². The van der Waals surface area contributed by atoms with Gasteiger partial charge < -0.3 is 9.64 Å². The molecule has 3 unspecified atom stereocenters. The van der Waals surface area contributed by atoms with Crippen LogP contribution in [0.3, 0.4) is 0 Å². The highest BCUT2D eigenvalue weighted by Crippen LogP contribution is 2.40. The standard InChI is InChI=1S/C20H28N2O2/c1-24-19-7-3-15(4-8-19)13-21-11-10-17(6-9-20(21)23)22-14-16-2-5-18(22)12-16/h3-4,7-8,16-18H,2,5-6,9-14H2,1H3. The minimum Gasteiger partial charge on any atom is -0.497 e. The molecule has 4 nitrogen and oxygen atoms in total. The summed E-state index contributed by atoms with van der Waals surface area (Å²) in [7, 11) is 1.68. The predicted octanol–water partition coefficient (Wildman–Crippen LogP) is 3.06. The van der Waals surface area contributed by atoms with Crippen LogP contribution in [0.15, 0.2) is 24.3 Å². The van der Waals surface area contributed by atoms with Crippen LogP contribution in [0.4, 0.5) is 0 Å². The molecule has 3 aliphatic rings. The van der Waals surface area contributed by atoms with Crippen molar-refractivity contribution in [1.29, 1.82) is 0 Å². The Bertz CT molecular complexity index is 586. The number of piperidine rings is 1. The Morgan fingerprint density at radius 3 is 2.58 bits per heavy atom. The van der Waals surface area contributed by atoms with Gasteiger partial charge in [0.2, 0.25) is 5.91 Å². The van der Waals surface area contributed by atoms with E-state index in [1.165, 1.54) is 31.4 Å². The van der Waals surface area contributed by atoms with Crippen LogP contribution in [-0.2, 0) is 11.3 Å². The number of methoxy groups -OCH3 is 1. The van der Waals surface area contributed by atoms with Crippen LogP contribution in [0.2, 0.25) is 0 Å². The lowest BCUT2D eigenvalue weighted by atomic mass is 10.0. The fraction of sp³-hybridized carbons (Fsp3) is 0.650. The molecule has 1 aromatic carbocycles. The van der Waals surface area contributed by atoms with Crippen LogP contribution >= 0.6 is 0 Å². The van der Waals surface area contributed by atoms with Crippen LogP contribution in [0.25, 0.3) is 0 Å². The molecule has 3 fully saturated rings. The maximum Gasteiger partial charge on any atom is 0.222 e. The van der Waals surface area contributed by atoms with Gasteiger partial charge >= 0.3 is 0 Å². The number of fused-ring (bicyclic) bond motifs is 2. The second-order valence-corrected chi connectivity index (χ2v) is 7.67. The highest BCUT2D eigenvalue weighted by molar-refractivity contribution is 5.76. The Labute approximate surface area is 144 Å². The Morgan fingerprint density at radius 1 is 1.08 bits per heavy atom. The van der Waals surface area contributed by atoms with E-state index in [0.29, 0.717) is 18.4 Å².